The third kappa shape index (κ3) is 3.84. The molecule has 0 aromatic carbocycles. The van der Waals surface area contributed by atoms with Crippen LogP contribution in [0.15, 0.2) is 37.1 Å². The highest BCUT2D eigenvalue weighted by Gasteiger charge is 2.28. The second-order valence-electron chi connectivity index (χ2n) is 6.89. The highest BCUT2D eigenvalue weighted by atomic mass is 32.2. The van der Waals surface area contributed by atoms with E-state index >= 15 is 0 Å². The second kappa shape index (κ2) is 7.32. The molecule has 3 aromatic heterocycles. The number of piperidine rings is 1. The quantitative estimate of drug-likeness (QED) is 0.665. The Morgan fingerprint density at radius 1 is 1.11 bits per heavy atom. The summed E-state index contributed by atoms with van der Waals surface area (Å²) in [5.41, 5.74) is 2.44. The maximum absolute atomic E-state index is 12.0. The Morgan fingerprint density at radius 2 is 2.00 bits per heavy atom. The summed E-state index contributed by atoms with van der Waals surface area (Å²) in [4.78, 5) is 17.5. The molecule has 0 radical (unpaired) electrons. The Hall–Kier alpha value is -2.39. The van der Waals surface area contributed by atoms with Crippen molar-refractivity contribution in [2.75, 3.05) is 12.8 Å². The van der Waals surface area contributed by atoms with E-state index < -0.39 is 10.0 Å². The van der Waals surface area contributed by atoms with Gasteiger partial charge < -0.3 is 0 Å². The van der Waals surface area contributed by atoms with Crippen LogP contribution in [0.3, 0.4) is 0 Å². The molecule has 0 saturated carbocycles. The number of hydrogen-bond acceptors (Lipinski definition) is 6. The predicted molar refractivity (Wildman–Crippen MR) is 102 cm³/mol. The molecule has 0 spiro atoms. The van der Waals surface area contributed by atoms with E-state index in [1.54, 1.807) is 29.1 Å². The Labute approximate surface area is 158 Å². The van der Waals surface area contributed by atoms with Gasteiger partial charge >= 0.3 is 0 Å². The van der Waals surface area contributed by atoms with E-state index in [0.717, 1.165) is 42.8 Å². The number of rotatable bonds is 5. The van der Waals surface area contributed by atoms with Gasteiger partial charge in [-0.05, 0) is 31.7 Å². The van der Waals surface area contributed by atoms with Crippen molar-refractivity contribution in [3.05, 3.63) is 42.7 Å². The first-order chi connectivity index (χ1) is 13.0. The summed E-state index contributed by atoms with van der Waals surface area (Å²) in [7, 11) is -3.15. The predicted octanol–water partition coefficient (Wildman–Crippen LogP) is 1.93. The molecule has 4 rings (SSSR count). The van der Waals surface area contributed by atoms with Crippen LogP contribution in [0.4, 0.5) is 0 Å². The van der Waals surface area contributed by atoms with E-state index in [0.29, 0.717) is 18.7 Å². The molecule has 3 aromatic rings. The fourth-order valence-electron chi connectivity index (χ4n) is 3.65. The molecule has 1 atom stereocenters. The lowest BCUT2D eigenvalue weighted by Gasteiger charge is -2.33. The first-order valence-electron chi connectivity index (χ1n) is 9.08. The van der Waals surface area contributed by atoms with Crippen molar-refractivity contribution in [1.82, 2.24) is 28.6 Å². The van der Waals surface area contributed by atoms with Crippen molar-refractivity contribution in [1.29, 1.82) is 0 Å². The number of imidazole rings is 1. The number of sulfonamides is 1. The number of hydrogen-bond donors (Lipinski definition) is 0. The van der Waals surface area contributed by atoms with Crippen molar-refractivity contribution in [3.63, 3.8) is 0 Å². The van der Waals surface area contributed by atoms with Gasteiger partial charge in [-0.1, -0.05) is 6.42 Å². The summed E-state index contributed by atoms with van der Waals surface area (Å²) in [6, 6.07) is 1.90. The fourth-order valence-corrected chi connectivity index (χ4v) is 4.86. The van der Waals surface area contributed by atoms with Crippen LogP contribution in [0, 0.1) is 0 Å². The molecule has 142 valence electrons. The molecular formula is C18H22N6O2S. The van der Waals surface area contributed by atoms with E-state index in [2.05, 4.69) is 19.9 Å². The smallest absolute Gasteiger partial charge is 0.234 e. The van der Waals surface area contributed by atoms with Gasteiger partial charge in [0, 0.05) is 31.2 Å². The molecule has 1 aliphatic heterocycles. The summed E-state index contributed by atoms with van der Waals surface area (Å²) in [5, 5.41) is 0. The van der Waals surface area contributed by atoms with Gasteiger partial charge in [-0.2, -0.15) is 4.31 Å². The van der Waals surface area contributed by atoms with Gasteiger partial charge in [0.25, 0.3) is 0 Å². The molecule has 27 heavy (non-hydrogen) atoms. The van der Waals surface area contributed by atoms with Gasteiger partial charge in [0.2, 0.25) is 15.8 Å². The van der Waals surface area contributed by atoms with Crippen molar-refractivity contribution in [2.24, 2.45) is 0 Å². The molecule has 4 heterocycles. The first kappa shape index (κ1) is 18.0. The van der Waals surface area contributed by atoms with E-state index in [-0.39, 0.29) is 6.04 Å². The fraction of sp³-hybridized carbons (Fsp3) is 0.444. The molecule has 0 bridgehead atoms. The molecular weight excluding hydrogens is 364 g/mol. The molecule has 8 nitrogen and oxygen atoms in total. The van der Waals surface area contributed by atoms with Gasteiger partial charge in [-0.3, -0.25) is 14.4 Å². The zero-order valence-electron chi connectivity index (χ0n) is 15.2. The standard InChI is InChI=1S/C18H22N6O2S/c1-27(25,26)24-10-3-2-5-15(24)7-6-14-11-21-16(12-20-14)17-13-22-18-19-8-4-9-23(17)18/h4,8-9,11-13,15H,2-3,5-7,10H2,1H3. The molecule has 0 aliphatic carbocycles. The first-order valence-corrected chi connectivity index (χ1v) is 10.9. The van der Waals surface area contributed by atoms with Crippen LogP contribution < -0.4 is 0 Å². The Bertz CT molecular complexity index is 1030. The summed E-state index contributed by atoms with van der Waals surface area (Å²) in [5.74, 6) is 0.622. The zero-order chi connectivity index (χ0) is 18.9. The minimum absolute atomic E-state index is 0.0556. The summed E-state index contributed by atoms with van der Waals surface area (Å²) in [6.45, 7) is 0.621. The van der Waals surface area contributed by atoms with Crippen LogP contribution in [-0.2, 0) is 16.4 Å². The molecule has 1 aliphatic rings. The Morgan fingerprint density at radius 3 is 2.78 bits per heavy atom. The van der Waals surface area contributed by atoms with Gasteiger partial charge in [0.05, 0.1) is 30.0 Å². The normalized spacial score (nSPS) is 18.8. The molecule has 1 unspecified atom stereocenters. The summed E-state index contributed by atoms with van der Waals surface area (Å²) in [6.07, 6.45) is 14.5. The number of aromatic nitrogens is 5. The average Bonchev–Trinajstić information content (AvgIpc) is 3.10. The van der Waals surface area contributed by atoms with Crippen molar-refractivity contribution >= 4 is 15.8 Å². The van der Waals surface area contributed by atoms with Crippen LogP contribution in [0.2, 0.25) is 0 Å². The highest BCUT2D eigenvalue weighted by Crippen LogP contribution is 2.23. The summed E-state index contributed by atoms with van der Waals surface area (Å²) >= 11 is 0. The highest BCUT2D eigenvalue weighted by molar-refractivity contribution is 7.88. The maximum atomic E-state index is 12.0. The second-order valence-corrected chi connectivity index (χ2v) is 8.82. The van der Waals surface area contributed by atoms with Crippen molar-refractivity contribution < 1.29 is 8.42 Å². The van der Waals surface area contributed by atoms with E-state index in [9.17, 15) is 8.42 Å². The zero-order valence-corrected chi connectivity index (χ0v) is 16.0. The third-order valence-corrected chi connectivity index (χ3v) is 6.32. The number of aryl methyl sites for hydroxylation is 1. The summed E-state index contributed by atoms with van der Waals surface area (Å²) < 4.78 is 27.5. The van der Waals surface area contributed by atoms with Crippen LogP contribution in [0.25, 0.3) is 17.2 Å². The van der Waals surface area contributed by atoms with Gasteiger partial charge in [-0.25, -0.2) is 18.4 Å². The minimum atomic E-state index is -3.15. The van der Waals surface area contributed by atoms with Crippen LogP contribution in [0.5, 0.6) is 0 Å². The monoisotopic (exact) mass is 386 g/mol. The van der Waals surface area contributed by atoms with Gasteiger partial charge in [0.1, 0.15) is 5.69 Å². The van der Waals surface area contributed by atoms with Crippen LogP contribution in [-0.4, -0.2) is 55.9 Å². The lowest BCUT2D eigenvalue weighted by Crippen LogP contribution is -2.43. The minimum Gasteiger partial charge on any atom is -0.282 e. The molecule has 9 heteroatoms. The maximum Gasteiger partial charge on any atom is 0.234 e. The Balaban J connectivity index is 1.47. The van der Waals surface area contributed by atoms with E-state index in [1.807, 2.05) is 16.7 Å². The van der Waals surface area contributed by atoms with Gasteiger partial charge in [-0.15, -0.1) is 0 Å². The van der Waals surface area contributed by atoms with Gasteiger partial charge in [0.15, 0.2) is 0 Å². The largest absolute Gasteiger partial charge is 0.282 e. The third-order valence-electron chi connectivity index (χ3n) is 4.99. The van der Waals surface area contributed by atoms with E-state index in [1.165, 1.54) is 6.26 Å². The molecule has 0 amide bonds. The van der Waals surface area contributed by atoms with Crippen molar-refractivity contribution in [2.45, 2.75) is 38.1 Å². The van der Waals surface area contributed by atoms with Crippen molar-refractivity contribution in [3.8, 4) is 11.4 Å². The number of nitrogens with zero attached hydrogens (tertiary/aromatic N) is 6. The average molecular weight is 386 g/mol. The topological polar surface area (TPSA) is 93.4 Å². The van der Waals surface area contributed by atoms with Crippen LogP contribution >= 0.6 is 0 Å². The van der Waals surface area contributed by atoms with E-state index in [4.69, 9.17) is 0 Å². The molecule has 0 N–H and O–H groups in total. The Kier molecular flexibility index (Phi) is 4.88. The van der Waals surface area contributed by atoms with Crippen LogP contribution in [0.1, 0.15) is 31.4 Å². The molecule has 1 fully saturated rings. The lowest BCUT2D eigenvalue weighted by atomic mass is 10.00. The number of fused-ring (bicyclic) bond motifs is 1. The molecule has 1 saturated heterocycles. The lowest BCUT2D eigenvalue weighted by molar-refractivity contribution is 0.242. The SMILES string of the molecule is CS(=O)(=O)N1CCCCC1CCc1cnc(-c2cnc3ncccn23)cn1.